The molecule has 0 unspecified atom stereocenters. The molecule has 0 N–H and O–H groups in total. The molecule has 2 aliphatic rings. The Morgan fingerprint density at radius 2 is 1.05 bits per heavy atom. The maximum absolute atomic E-state index is 3.89. The van der Waals surface area contributed by atoms with Crippen molar-refractivity contribution in [2.45, 2.75) is 33.1 Å². The van der Waals surface area contributed by atoms with Crippen LogP contribution in [0.25, 0.3) is 28.3 Å². The average Bonchev–Trinajstić information content (AvgIpc) is 3.92. The third-order valence-electron chi connectivity index (χ3n) is 12.0. The molecule has 2 heteroatoms. The van der Waals surface area contributed by atoms with Crippen LogP contribution in [-0.4, -0.2) is 0 Å². The van der Waals surface area contributed by atoms with Gasteiger partial charge in [0.25, 0.3) is 0 Å². The zero-order chi connectivity index (χ0) is 42.3. The summed E-state index contributed by atoms with van der Waals surface area (Å²) in [7, 11) is -2.48. The van der Waals surface area contributed by atoms with E-state index in [4.69, 9.17) is 0 Å². The number of fused-ring (bicyclic) bond motifs is 3. The fourth-order valence-corrected chi connectivity index (χ4v) is 15.0. The summed E-state index contributed by atoms with van der Waals surface area (Å²) in [5.74, 6) is 7.68. The Morgan fingerprint density at radius 3 is 1.56 bits per heavy atom. The second kappa shape index (κ2) is 18.7. The van der Waals surface area contributed by atoms with Crippen molar-refractivity contribution < 1.29 is 17.9 Å². The van der Waals surface area contributed by atoms with E-state index in [9.17, 15) is 0 Å². The molecule has 0 radical (unpaired) electrons. The van der Waals surface area contributed by atoms with Gasteiger partial charge in [-0.25, -0.2) is 0 Å². The van der Waals surface area contributed by atoms with Crippen LogP contribution in [0.4, 0.5) is 0 Å². The van der Waals surface area contributed by atoms with Gasteiger partial charge in [-0.1, -0.05) is 48.6 Å². The van der Waals surface area contributed by atoms with E-state index in [0.29, 0.717) is 0 Å². The predicted molar refractivity (Wildman–Crippen MR) is 263 cm³/mol. The zero-order valence-electron chi connectivity index (χ0n) is 35.1. The standard InChI is InChI=1S/C60H47P.Os/c1-4-22-45-36-39-55-56-40-37-46(42-58(56)60(57(55)41-45)59(48-23-11-6-12-24-48)49-25-13-7-14-26-49)35-38-50(43-51-28-21-27-47(51)5-2)44(3)61(52-29-15-8-16-30-52,53-31-17-9-18-32-53)54-33-19-10-20-34-54;/h4-20,22-26,29-34,36-37,39-43H,21,27-28H2,1-2H3;/q+1;/b22-4+,47-5?,50-44?,51-43?;. The summed E-state index contributed by atoms with van der Waals surface area (Å²) in [5.41, 5.74) is 15.8. The molecule has 2 aliphatic carbocycles. The summed E-state index contributed by atoms with van der Waals surface area (Å²) in [4.78, 5) is 0. The van der Waals surface area contributed by atoms with Crippen LogP contribution in [0.2, 0.25) is 0 Å². The van der Waals surface area contributed by atoms with Crippen LogP contribution in [0.15, 0.2) is 228 Å². The third-order valence-corrected chi connectivity index (χ3v) is 17.4. The molecule has 0 aliphatic heterocycles. The molecule has 0 saturated heterocycles. The molecule has 0 nitrogen and oxygen atoms in total. The Kier molecular flexibility index (Phi) is 12.4. The fourth-order valence-electron chi connectivity index (χ4n) is 9.28. The summed E-state index contributed by atoms with van der Waals surface area (Å²) in [5, 5.41) is 5.04. The van der Waals surface area contributed by atoms with E-state index in [0.717, 1.165) is 30.4 Å². The van der Waals surface area contributed by atoms with Crippen LogP contribution in [0.1, 0.15) is 66.5 Å². The molecule has 1 fully saturated rings. The summed E-state index contributed by atoms with van der Waals surface area (Å²) in [6.45, 7) is 4.26. The molecule has 0 heterocycles. The van der Waals surface area contributed by atoms with Gasteiger partial charge in [0.05, 0.1) is 0 Å². The van der Waals surface area contributed by atoms with Gasteiger partial charge in [0.15, 0.2) is 0 Å². The molecular weight excluding hydrogens is 942 g/mol. The van der Waals surface area contributed by atoms with E-state index >= 15 is 0 Å². The number of allylic oxidation sites excluding steroid dienone is 7. The Hall–Kier alpha value is -6.35. The van der Waals surface area contributed by atoms with E-state index in [1.165, 1.54) is 82.5 Å². The van der Waals surface area contributed by atoms with Gasteiger partial charge in [-0.15, -0.1) is 0 Å². The molecule has 0 aromatic heterocycles. The Morgan fingerprint density at radius 1 is 0.548 bits per heavy atom. The van der Waals surface area contributed by atoms with E-state index < -0.39 is 7.26 Å². The normalized spacial score (nSPS) is 14.8. The quantitative estimate of drug-likeness (QED) is 0.105. The van der Waals surface area contributed by atoms with Crippen molar-refractivity contribution in [1.82, 2.24) is 0 Å². The van der Waals surface area contributed by atoms with Crippen molar-refractivity contribution in [3.05, 3.63) is 262 Å². The first-order valence-electron chi connectivity index (χ1n) is 21.5. The second-order valence-corrected chi connectivity index (χ2v) is 19.6. The van der Waals surface area contributed by atoms with Crippen LogP contribution >= 0.6 is 7.26 Å². The van der Waals surface area contributed by atoms with Crippen molar-refractivity contribution in [3.63, 3.8) is 0 Å². The first-order valence-corrected chi connectivity index (χ1v) is 24.5. The van der Waals surface area contributed by atoms with Crippen LogP contribution in [-0.2, 0) is 17.9 Å². The minimum absolute atomic E-state index is 0.984. The summed E-state index contributed by atoms with van der Waals surface area (Å²) in [6, 6.07) is 68.7. The van der Waals surface area contributed by atoms with E-state index in [1.807, 2.05) is 17.9 Å². The molecule has 7 aromatic carbocycles. The molecule has 62 heavy (non-hydrogen) atoms. The number of hydrogen-bond donors (Lipinski definition) is 0. The Balaban J connectivity index is 1.33. The van der Waals surface area contributed by atoms with E-state index in [-0.39, 0.29) is 0 Å². The van der Waals surface area contributed by atoms with Crippen molar-refractivity contribution in [2.75, 3.05) is 0 Å². The van der Waals surface area contributed by atoms with Crippen molar-refractivity contribution in [3.8, 4) is 27.3 Å². The fraction of sp³-hybridized carbons (Fsp3) is 0.0833. The molecule has 0 atom stereocenters. The molecular formula is C60H47OsP+. The monoisotopic (exact) mass is 990 g/mol. The van der Waals surface area contributed by atoms with Gasteiger partial charge < -0.3 is 0 Å². The van der Waals surface area contributed by atoms with Gasteiger partial charge in [-0.2, -0.15) is 0 Å². The first-order chi connectivity index (χ1) is 30.6. The number of benzene rings is 7. The minimum atomic E-state index is -2.48. The summed E-state index contributed by atoms with van der Waals surface area (Å²) < 4.78 is 3.89. The van der Waals surface area contributed by atoms with Crippen molar-refractivity contribution in [1.29, 1.82) is 0 Å². The van der Waals surface area contributed by atoms with Crippen LogP contribution in [0.3, 0.4) is 0 Å². The molecule has 9 rings (SSSR count). The van der Waals surface area contributed by atoms with Gasteiger partial charge in [0, 0.05) is 0 Å². The maximum atomic E-state index is 3.89. The SMILES string of the molecule is CC=C1CCCC1=CC(C#Cc1ccc2c(c1)C(=C(c1ccccc1)c1ccccc1)c1cc(/C=C/C)ccc1-2)=C([C]#[Os])[P+](c1ccccc1)(c1ccccc1)c1ccccc1. The Labute approximate surface area is 378 Å². The number of hydrogen-bond acceptors (Lipinski definition) is 0. The summed E-state index contributed by atoms with van der Waals surface area (Å²) in [6.07, 6.45) is 12.3. The second-order valence-electron chi connectivity index (χ2n) is 15.7. The Bertz CT molecular complexity index is 2880. The first kappa shape index (κ1) is 41.0. The molecule has 0 spiro atoms. The van der Waals surface area contributed by atoms with E-state index in [1.54, 1.807) is 0 Å². The van der Waals surface area contributed by atoms with Gasteiger partial charge in [0.2, 0.25) is 0 Å². The van der Waals surface area contributed by atoms with Crippen LogP contribution < -0.4 is 15.9 Å². The van der Waals surface area contributed by atoms with Gasteiger partial charge in [0.1, 0.15) is 0 Å². The zero-order valence-corrected chi connectivity index (χ0v) is 38.6. The van der Waals surface area contributed by atoms with Crippen molar-refractivity contribution >= 4 is 40.4 Å². The van der Waals surface area contributed by atoms with Crippen LogP contribution in [0, 0.1) is 16.2 Å². The average molecular weight is 989 g/mol. The molecule has 299 valence electrons. The van der Waals surface area contributed by atoms with Gasteiger partial charge >= 0.3 is 325 Å². The van der Waals surface area contributed by atoms with E-state index in [2.05, 4.69) is 242 Å². The third kappa shape index (κ3) is 7.85. The van der Waals surface area contributed by atoms with Gasteiger partial charge in [-0.3, -0.25) is 0 Å². The molecule has 0 amide bonds. The van der Waals surface area contributed by atoms with Crippen LogP contribution in [0.5, 0.6) is 0 Å². The molecule has 7 aromatic rings. The molecule has 0 bridgehead atoms. The summed E-state index contributed by atoms with van der Waals surface area (Å²) >= 11 is 1.82. The molecule has 1 saturated carbocycles. The number of rotatable bonds is 8. The predicted octanol–water partition coefficient (Wildman–Crippen LogP) is 13.9. The van der Waals surface area contributed by atoms with Gasteiger partial charge in [-0.05, 0) is 6.92 Å². The van der Waals surface area contributed by atoms with Crippen molar-refractivity contribution in [2.24, 2.45) is 0 Å². The topological polar surface area (TPSA) is 0 Å².